The fourth-order valence-electron chi connectivity index (χ4n) is 4.09. The van der Waals surface area contributed by atoms with E-state index in [0.717, 1.165) is 11.1 Å². The van der Waals surface area contributed by atoms with E-state index in [-0.39, 0.29) is 42.7 Å². The van der Waals surface area contributed by atoms with Crippen LogP contribution in [0.25, 0.3) is 0 Å². The Labute approximate surface area is 200 Å². The first-order valence-corrected chi connectivity index (χ1v) is 11.4. The number of carbonyl (C=O) groups excluding carboxylic acids is 1. The van der Waals surface area contributed by atoms with Crippen LogP contribution >= 0.6 is 0 Å². The van der Waals surface area contributed by atoms with Gasteiger partial charge in [0.05, 0.1) is 18.2 Å². The van der Waals surface area contributed by atoms with Gasteiger partial charge in [-0.2, -0.15) is 5.26 Å². The third-order valence-electron chi connectivity index (χ3n) is 5.87. The average molecular weight is 458 g/mol. The van der Waals surface area contributed by atoms with Gasteiger partial charge < -0.3 is 10.6 Å². The Hall–Kier alpha value is -3.76. The molecule has 3 aromatic rings. The maximum absolute atomic E-state index is 13.6. The van der Waals surface area contributed by atoms with Crippen LogP contribution < -0.4 is 11.3 Å². The Kier molecular flexibility index (Phi) is 7.98. The van der Waals surface area contributed by atoms with Crippen molar-refractivity contribution in [2.75, 3.05) is 13.1 Å². The summed E-state index contributed by atoms with van der Waals surface area (Å²) >= 11 is 0. The van der Waals surface area contributed by atoms with Gasteiger partial charge in [0.25, 0.3) is 11.5 Å². The van der Waals surface area contributed by atoms with Gasteiger partial charge >= 0.3 is 0 Å². The van der Waals surface area contributed by atoms with Gasteiger partial charge in [-0.05, 0) is 37.5 Å². The van der Waals surface area contributed by atoms with Gasteiger partial charge in [0.15, 0.2) is 5.69 Å². The zero-order valence-corrected chi connectivity index (χ0v) is 20.2. The van der Waals surface area contributed by atoms with Crippen molar-refractivity contribution >= 4 is 5.91 Å². The molecule has 0 aliphatic heterocycles. The van der Waals surface area contributed by atoms with Gasteiger partial charge in [-0.1, -0.05) is 61.9 Å². The summed E-state index contributed by atoms with van der Waals surface area (Å²) in [4.78, 5) is 33.3. The molecule has 176 valence electrons. The molecule has 0 spiro atoms. The molecule has 7 heteroatoms. The van der Waals surface area contributed by atoms with Gasteiger partial charge in [-0.15, -0.1) is 0 Å². The third-order valence-corrected chi connectivity index (χ3v) is 5.87. The highest BCUT2D eigenvalue weighted by Gasteiger charge is 2.33. The van der Waals surface area contributed by atoms with E-state index in [1.807, 2.05) is 69.3 Å². The fourth-order valence-corrected chi connectivity index (χ4v) is 4.09. The van der Waals surface area contributed by atoms with Crippen molar-refractivity contribution in [1.82, 2.24) is 14.5 Å². The number of nitriles is 1. The Balaban J connectivity index is 2.21. The van der Waals surface area contributed by atoms with Crippen LogP contribution in [-0.2, 0) is 6.54 Å². The van der Waals surface area contributed by atoms with Crippen LogP contribution in [0.2, 0.25) is 0 Å². The molecule has 0 fully saturated rings. The molecule has 3 rings (SSSR count). The Morgan fingerprint density at radius 3 is 2.32 bits per heavy atom. The van der Waals surface area contributed by atoms with E-state index in [1.54, 1.807) is 28.5 Å². The summed E-state index contributed by atoms with van der Waals surface area (Å²) < 4.78 is 1.59. The summed E-state index contributed by atoms with van der Waals surface area (Å²) in [6.07, 6.45) is 0. The predicted molar refractivity (Wildman–Crippen MR) is 132 cm³/mol. The van der Waals surface area contributed by atoms with Crippen LogP contribution in [0.5, 0.6) is 0 Å². The molecular weight excluding hydrogens is 426 g/mol. The number of nitrogens with zero attached hydrogens (tertiary/aromatic N) is 4. The lowest BCUT2D eigenvalue weighted by molar-refractivity contribution is 0.0611. The SMILES string of the molecule is Cc1ccc(C(=O)N(CCN)C(c2nc(C#N)c(C)c(=O)n2Cc2ccccc2)C(C)C)cc1. The molecule has 2 aromatic carbocycles. The first-order chi connectivity index (χ1) is 16.3. The van der Waals surface area contributed by atoms with E-state index in [0.29, 0.717) is 17.0 Å². The maximum atomic E-state index is 13.6. The second-order valence-corrected chi connectivity index (χ2v) is 8.77. The van der Waals surface area contributed by atoms with Crippen molar-refractivity contribution in [3.05, 3.63) is 98.7 Å². The summed E-state index contributed by atoms with van der Waals surface area (Å²) in [6, 6.07) is 18.5. The number of rotatable bonds is 8. The molecule has 1 atom stereocenters. The number of hydrogen-bond donors (Lipinski definition) is 1. The molecule has 0 radical (unpaired) electrons. The molecule has 1 unspecified atom stereocenters. The summed E-state index contributed by atoms with van der Waals surface area (Å²) in [7, 11) is 0. The lowest BCUT2D eigenvalue weighted by Gasteiger charge is -2.35. The molecule has 34 heavy (non-hydrogen) atoms. The van der Waals surface area contributed by atoms with E-state index < -0.39 is 6.04 Å². The fraction of sp³-hybridized carbons (Fsp3) is 0.333. The zero-order valence-electron chi connectivity index (χ0n) is 20.2. The molecule has 1 heterocycles. The van der Waals surface area contributed by atoms with Gasteiger partial charge in [-0.3, -0.25) is 14.2 Å². The van der Waals surface area contributed by atoms with E-state index in [2.05, 4.69) is 4.98 Å². The smallest absolute Gasteiger partial charge is 0.258 e. The van der Waals surface area contributed by atoms with Crippen LogP contribution in [0.3, 0.4) is 0 Å². The minimum absolute atomic E-state index is 0.0745. The van der Waals surface area contributed by atoms with Crippen LogP contribution in [0.15, 0.2) is 59.4 Å². The standard InChI is InChI=1S/C27H31N5O2/c1-18(2)24(31(15-14-28)27(34)22-12-10-19(3)11-13-22)25-30-23(16-29)20(4)26(33)32(25)17-21-8-6-5-7-9-21/h5-13,18,24H,14-15,17,28H2,1-4H3. The van der Waals surface area contributed by atoms with E-state index in [4.69, 9.17) is 5.73 Å². The number of aromatic nitrogens is 2. The highest BCUT2D eigenvalue weighted by atomic mass is 16.2. The number of aryl methyl sites for hydroxylation is 1. The van der Waals surface area contributed by atoms with Crippen molar-refractivity contribution in [1.29, 1.82) is 5.26 Å². The highest BCUT2D eigenvalue weighted by molar-refractivity contribution is 5.94. The molecule has 1 aromatic heterocycles. The molecule has 0 bridgehead atoms. The van der Waals surface area contributed by atoms with Crippen LogP contribution in [0.1, 0.15) is 58.5 Å². The minimum atomic E-state index is -0.554. The molecule has 0 aliphatic rings. The lowest BCUT2D eigenvalue weighted by atomic mass is 9.98. The molecule has 7 nitrogen and oxygen atoms in total. The molecular formula is C27H31N5O2. The summed E-state index contributed by atoms with van der Waals surface area (Å²) in [6.45, 7) is 8.34. The van der Waals surface area contributed by atoms with Crippen molar-refractivity contribution in [2.45, 2.75) is 40.3 Å². The number of nitrogens with two attached hydrogens (primary N) is 1. The van der Waals surface area contributed by atoms with Crippen LogP contribution in [0.4, 0.5) is 0 Å². The molecule has 1 amide bonds. The zero-order chi connectivity index (χ0) is 24.8. The van der Waals surface area contributed by atoms with Crippen LogP contribution in [0, 0.1) is 31.1 Å². The molecule has 0 aliphatic carbocycles. The summed E-state index contributed by atoms with van der Waals surface area (Å²) in [5.74, 6) is 0.104. The Morgan fingerprint density at radius 1 is 1.12 bits per heavy atom. The Morgan fingerprint density at radius 2 is 1.76 bits per heavy atom. The van der Waals surface area contributed by atoms with Gasteiger partial charge in [-0.25, -0.2) is 4.98 Å². The lowest BCUT2D eigenvalue weighted by Crippen LogP contribution is -2.44. The van der Waals surface area contributed by atoms with Crippen LogP contribution in [-0.4, -0.2) is 33.4 Å². The Bertz CT molecular complexity index is 1240. The normalized spacial score (nSPS) is 11.8. The van der Waals surface area contributed by atoms with Gasteiger partial charge in [0, 0.05) is 18.7 Å². The van der Waals surface area contributed by atoms with Crippen molar-refractivity contribution in [3.8, 4) is 6.07 Å². The third kappa shape index (κ3) is 5.24. The number of hydrogen-bond acceptors (Lipinski definition) is 5. The van der Waals surface area contributed by atoms with E-state index in [9.17, 15) is 14.9 Å². The number of amides is 1. The number of carbonyl (C=O) groups is 1. The van der Waals surface area contributed by atoms with E-state index in [1.165, 1.54) is 0 Å². The quantitative estimate of drug-likeness (QED) is 0.557. The first-order valence-electron chi connectivity index (χ1n) is 11.4. The van der Waals surface area contributed by atoms with Gasteiger partial charge in [0.2, 0.25) is 0 Å². The van der Waals surface area contributed by atoms with E-state index >= 15 is 0 Å². The monoisotopic (exact) mass is 457 g/mol. The topological polar surface area (TPSA) is 105 Å². The average Bonchev–Trinajstić information content (AvgIpc) is 2.83. The second-order valence-electron chi connectivity index (χ2n) is 8.77. The summed E-state index contributed by atoms with van der Waals surface area (Å²) in [5.41, 5.74) is 8.52. The minimum Gasteiger partial charge on any atom is -0.329 e. The molecule has 0 saturated heterocycles. The summed E-state index contributed by atoms with van der Waals surface area (Å²) in [5, 5.41) is 9.66. The number of benzene rings is 2. The van der Waals surface area contributed by atoms with Crippen molar-refractivity contribution < 1.29 is 4.79 Å². The first kappa shape index (κ1) is 24.9. The maximum Gasteiger partial charge on any atom is 0.258 e. The largest absolute Gasteiger partial charge is 0.329 e. The molecule has 2 N–H and O–H groups in total. The molecule has 0 saturated carbocycles. The second kappa shape index (κ2) is 10.9. The van der Waals surface area contributed by atoms with Gasteiger partial charge in [0.1, 0.15) is 11.9 Å². The predicted octanol–water partition coefficient (Wildman–Crippen LogP) is 3.58. The van der Waals surface area contributed by atoms with Crippen molar-refractivity contribution in [2.24, 2.45) is 11.7 Å². The highest BCUT2D eigenvalue weighted by Crippen LogP contribution is 2.29. The van der Waals surface area contributed by atoms with Crippen molar-refractivity contribution in [3.63, 3.8) is 0 Å².